The molecule has 3 aromatic rings. The molecule has 4 rings (SSSR count). The van der Waals surface area contributed by atoms with Gasteiger partial charge in [0.05, 0.1) is 17.5 Å². The minimum absolute atomic E-state index is 0.0981. The zero-order valence-electron chi connectivity index (χ0n) is 18.5. The summed E-state index contributed by atoms with van der Waals surface area (Å²) < 4.78 is 29.1. The summed E-state index contributed by atoms with van der Waals surface area (Å²) in [5.74, 6) is -0.301. The third-order valence-electron chi connectivity index (χ3n) is 5.96. The van der Waals surface area contributed by atoms with Gasteiger partial charge in [-0.1, -0.05) is 70.0 Å². The van der Waals surface area contributed by atoms with Crippen LogP contribution in [0.4, 0.5) is 0 Å². The predicted octanol–water partition coefficient (Wildman–Crippen LogP) is 5.14. The molecule has 1 aliphatic rings. The van der Waals surface area contributed by atoms with E-state index in [0.29, 0.717) is 0 Å². The number of amides is 1. The Bertz CT molecular complexity index is 1230. The lowest BCUT2D eigenvalue weighted by atomic mass is 9.88. The summed E-state index contributed by atoms with van der Waals surface area (Å²) >= 11 is 3.41. The summed E-state index contributed by atoms with van der Waals surface area (Å²) in [7, 11) is -3.86. The predicted molar refractivity (Wildman–Crippen MR) is 133 cm³/mol. The molecule has 0 aromatic heterocycles. The third kappa shape index (κ3) is 5.72. The molecule has 1 amide bonds. The number of sulfonamides is 1. The maximum atomic E-state index is 13.5. The number of carbonyl (C=O) groups excluding carboxylic acids is 1. The first-order valence-corrected chi connectivity index (χ1v) is 13.2. The van der Waals surface area contributed by atoms with Crippen LogP contribution >= 0.6 is 15.9 Å². The fourth-order valence-electron chi connectivity index (χ4n) is 4.18. The highest BCUT2D eigenvalue weighted by molar-refractivity contribution is 9.10. The van der Waals surface area contributed by atoms with Gasteiger partial charge in [-0.3, -0.25) is 4.79 Å². The van der Waals surface area contributed by atoms with Crippen LogP contribution < -0.4 is 5.32 Å². The van der Waals surface area contributed by atoms with E-state index in [9.17, 15) is 13.2 Å². The van der Waals surface area contributed by atoms with Gasteiger partial charge in [0, 0.05) is 11.0 Å². The van der Waals surface area contributed by atoms with Crippen molar-refractivity contribution in [1.82, 2.24) is 9.62 Å². The van der Waals surface area contributed by atoms with Gasteiger partial charge in [-0.15, -0.1) is 0 Å². The van der Waals surface area contributed by atoms with Gasteiger partial charge in [0.1, 0.15) is 0 Å². The number of aryl methyl sites for hydroxylation is 2. The van der Waals surface area contributed by atoms with E-state index in [-0.39, 0.29) is 29.9 Å². The van der Waals surface area contributed by atoms with Gasteiger partial charge < -0.3 is 5.32 Å². The number of carbonyl (C=O) groups is 1. The van der Waals surface area contributed by atoms with E-state index in [2.05, 4.69) is 27.3 Å². The smallest absolute Gasteiger partial charge is 0.243 e. The molecule has 0 aliphatic heterocycles. The van der Waals surface area contributed by atoms with Gasteiger partial charge in [-0.2, -0.15) is 4.31 Å². The van der Waals surface area contributed by atoms with Gasteiger partial charge in [0.25, 0.3) is 0 Å². The number of hydrogen-bond acceptors (Lipinski definition) is 3. The molecule has 0 bridgehead atoms. The molecule has 0 saturated heterocycles. The lowest BCUT2D eigenvalue weighted by Gasteiger charge is -2.28. The Morgan fingerprint density at radius 2 is 1.73 bits per heavy atom. The Kier molecular flexibility index (Phi) is 7.32. The number of hydrogen-bond donors (Lipinski definition) is 1. The monoisotopic (exact) mass is 526 g/mol. The van der Waals surface area contributed by atoms with Gasteiger partial charge in [0.15, 0.2) is 0 Å². The molecule has 1 N–H and O–H groups in total. The molecule has 0 spiro atoms. The van der Waals surface area contributed by atoms with Crippen molar-refractivity contribution in [1.29, 1.82) is 0 Å². The number of benzene rings is 3. The topological polar surface area (TPSA) is 66.5 Å². The average molecular weight is 527 g/mol. The first kappa shape index (κ1) is 23.7. The van der Waals surface area contributed by atoms with Crippen LogP contribution in [-0.4, -0.2) is 25.2 Å². The summed E-state index contributed by atoms with van der Waals surface area (Å²) in [6.45, 7) is 1.77. The highest BCUT2D eigenvalue weighted by Gasteiger charge is 2.29. The molecule has 0 fully saturated rings. The highest BCUT2D eigenvalue weighted by Crippen LogP contribution is 2.29. The molecular formula is C26H27BrN2O3S. The SMILES string of the molecule is Cc1ccc(S(=O)(=O)N(CC(=O)N[C@H]2CCCc3ccccc32)Cc2ccc(Br)cc2)cc1. The van der Waals surface area contributed by atoms with Crippen LogP contribution in [0.2, 0.25) is 0 Å². The Morgan fingerprint density at radius 3 is 2.45 bits per heavy atom. The summed E-state index contributed by atoms with van der Waals surface area (Å²) in [5.41, 5.74) is 4.15. The summed E-state index contributed by atoms with van der Waals surface area (Å²) in [4.78, 5) is 13.3. The molecule has 0 radical (unpaired) electrons. The van der Waals surface area contributed by atoms with Crippen molar-refractivity contribution in [2.24, 2.45) is 0 Å². The zero-order chi connectivity index (χ0) is 23.4. The molecule has 0 unspecified atom stereocenters. The number of rotatable bonds is 7. The van der Waals surface area contributed by atoms with Crippen LogP contribution in [-0.2, 0) is 27.8 Å². The number of nitrogens with one attached hydrogen (secondary N) is 1. The second-order valence-corrected chi connectivity index (χ2v) is 11.3. The van der Waals surface area contributed by atoms with E-state index in [1.165, 1.54) is 9.87 Å². The van der Waals surface area contributed by atoms with Crippen molar-refractivity contribution in [2.45, 2.75) is 43.7 Å². The summed E-state index contributed by atoms with van der Waals surface area (Å²) in [6.07, 6.45) is 2.84. The standard InChI is InChI=1S/C26H27BrN2O3S/c1-19-9-15-23(16-10-19)33(31,32)29(17-20-11-13-22(27)14-12-20)18-26(30)28-25-8-4-6-21-5-2-3-7-24(21)25/h2-3,5,7,9-16,25H,4,6,8,17-18H2,1H3,(H,28,30)/t25-/m0/s1. The van der Waals surface area contributed by atoms with E-state index < -0.39 is 10.0 Å². The Hall–Kier alpha value is -2.48. The number of fused-ring (bicyclic) bond motifs is 1. The van der Waals surface area contributed by atoms with Crippen LogP contribution in [0.1, 0.15) is 41.1 Å². The fourth-order valence-corrected chi connectivity index (χ4v) is 5.83. The maximum Gasteiger partial charge on any atom is 0.243 e. The highest BCUT2D eigenvalue weighted by atomic mass is 79.9. The van der Waals surface area contributed by atoms with Gasteiger partial charge >= 0.3 is 0 Å². The second-order valence-electron chi connectivity index (χ2n) is 8.42. The average Bonchev–Trinajstić information content (AvgIpc) is 2.80. The van der Waals surface area contributed by atoms with E-state index in [1.807, 2.05) is 49.4 Å². The molecule has 33 heavy (non-hydrogen) atoms. The van der Waals surface area contributed by atoms with Crippen LogP contribution in [0.25, 0.3) is 0 Å². The first-order valence-electron chi connectivity index (χ1n) is 11.0. The number of halogens is 1. The molecule has 5 nitrogen and oxygen atoms in total. The van der Waals surface area contributed by atoms with Gasteiger partial charge in [0.2, 0.25) is 15.9 Å². The van der Waals surface area contributed by atoms with E-state index in [1.54, 1.807) is 24.3 Å². The summed E-state index contributed by atoms with van der Waals surface area (Å²) in [6, 6.07) is 22.2. The molecule has 0 heterocycles. The van der Waals surface area contributed by atoms with Crippen LogP contribution in [0.5, 0.6) is 0 Å². The fraction of sp³-hybridized carbons (Fsp3) is 0.269. The molecule has 7 heteroatoms. The summed E-state index contributed by atoms with van der Waals surface area (Å²) in [5, 5.41) is 3.08. The molecular weight excluding hydrogens is 500 g/mol. The van der Waals surface area contributed by atoms with Crippen molar-refractivity contribution >= 4 is 31.9 Å². The molecule has 172 valence electrons. The minimum atomic E-state index is -3.86. The van der Waals surface area contributed by atoms with Gasteiger partial charge in [-0.05, 0) is 67.1 Å². The quantitative estimate of drug-likeness (QED) is 0.463. The van der Waals surface area contributed by atoms with Crippen LogP contribution in [0, 0.1) is 6.92 Å². The van der Waals surface area contributed by atoms with Crippen molar-refractivity contribution in [3.8, 4) is 0 Å². The van der Waals surface area contributed by atoms with E-state index in [4.69, 9.17) is 0 Å². The van der Waals surface area contributed by atoms with Gasteiger partial charge in [-0.25, -0.2) is 8.42 Å². The third-order valence-corrected chi connectivity index (χ3v) is 8.29. The Labute approximate surface area is 204 Å². The molecule has 0 saturated carbocycles. The zero-order valence-corrected chi connectivity index (χ0v) is 20.9. The van der Waals surface area contributed by atoms with Crippen molar-refractivity contribution < 1.29 is 13.2 Å². The molecule has 3 aromatic carbocycles. The van der Waals surface area contributed by atoms with Crippen LogP contribution in [0.3, 0.4) is 0 Å². The normalized spacial score (nSPS) is 15.8. The van der Waals surface area contributed by atoms with Crippen molar-refractivity contribution in [2.75, 3.05) is 6.54 Å². The Balaban J connectivity index is 1.57. The molecule has 1 atom stereocenters. The minimum Gasteiger partial charge on any atom is -0.348 e. The lowest BCUT2D eigenvalue weighted by molar-refractivity contribution is -0.122. The first-order chi connectivity index (χ1) is 15.8. The largest absolute Gasteiger partial charge is 0.348 e. The van der Waals surface area contributed by atoms with E-state index in [0.717, 1.165) is 40.4 Å². The second kappa shape index (κ2) is 10.2. The Morgan fingerprint density at radius 1 is 1.03 bits per heavy atom. The number of nitrogens with zero attached hydrogens (tertiary/aromatic N) is 1. The lowest BCUT2D eigenvalue weighted by Crippen LogP contribution is -2.42. The van der Waals surface area contributed by atoms with Crippen molar-refractivity contribution in [3.05, 3.63) is 99.5 Å². The maximum absolute atomic E-state index is 13.5. The van der Waals surface area contributed by atoms with Crippen LogP contribution in [0.15, 0.2) is 82.2 Å². The van der Waals surface area contributed by atoms with E-state index >= 15 is 0 Å². The van der Waals surface area contributed by atoms with Crippen molar-refractivity contribution in [3.63, 3.8) is 0 Å². The molecule has 1 aliphatic carbocycles.